The van der Waals surface area contributed by atoms with Crippen molar-refractivity contribution in [2.24, 2.45) is 0 Å². The standard InChI is InChI=1S/C11H21NO4S/c1-3-6-16-7-4-10(13)12-9(11(14)15)5-8-17-2/h9H,3-8H2,1-2H3,(H,12,13)(H,14,15)/t9-/m1/s1. The molecule has 0 aromatic heterocycles. The van der Waals surface area contributed by atoms with E-state index < -0.39 is 12.0 Å². The van der Waals surface area contributed by atoms with Gasteiger partial charge in [0.05, 0.1) is 6.61 Å². The molecule has 0 aliphatic carbocycles. The Bertz CT molecular complexity index is 236. The first kappa shape index (κ1) is 16.2. The van der Waals surface area contributed by atoms with E-state index in [1.807, 2.05) is 13.2 Å². The molecule has 0 unspecified atom stereocenters. The number of hydrogen-bond acceptors (Lipinski definition) is 4. The number of ether oxygens (including phenoxy) is 1. The molecule has 0 saturated carbocycles. The fourth-order valence-electron chi connectivity index (χ4n) is 1.17. The summed E-state index contributed by atoms with van der Waals surface area (Å²) >= 11 is 1.56. The predicted octanol–water partition coefficient (Wildman–Crippen LogP) is 1.13. The molecule has 5 nitrogen and oxygen atoms in total. The summed E-state index contributed by atoms with van der Waals surface area (Å²) in [6.07, 6.45) is 3.47. The highest BCUT2D eigenvalue weighted by atomic mass is 32.2. The molecule has 0 rings (SSSR count). The van der Waals surface area contributed by atoms with Crippen molar-refractivity contribution in [3.8, 4) is 0 Å². The van der Waals surface area contributed by atoms with Gasteiger partial charge in [-0.25, -0.2) is 4.79 Å². The van der Waals surface area contributed by atoms with Crippen molar-refractivity contribution in [3.05, 3.63) is 0 Å². The van der Waals surface area contributed by atoms with Crippen LogP contribution in [0.1, 0.15) is 26.2 Å². The number of rotatable bonds is 10. The molecule has 0 spiro atoms. The van der Waals surface area contributed by atoms with Crippen LogP contribution in [0.3, 0.4) is 0 Å². The van der Waals surface area contributed by atoms with Gasteiger partial charge in [-0.2, -0.15) is 11.8 Å². The molecular weight excluding hydrogens is 242 g/mol. The molecule has 0 aromatic rings. The number of carboxylic acid groups (broad SMARTS) is 1. The van der Waals surface area contributed by atoms with Crippen LogP contribution in [0.25, 0.3) is 0 Å². The molecule has 0 aromatic carbocycles. The van der Waals surface area contributed by atoms with Gasteiger partial charge in [0, 0.05) is 13.0 Å². The van der Waals surface area contributed by atoms with Gasteiger partial charge in [0.1, 0.15) is 6.04 Å². The van der Waals surface area contributed by atoms with Crippen molar-refractivity contribution in [1.82, 2.24) is 5.32 Å². The van der Waals surface area contributed by atoms with E-state index in [1.165, 1.54) is 0 Å². The van der Waals surface area contributed by atoms with E-state index in [4.69, 9.17) is 9.84 Å². The fourth-order valence-corrected chi connectivity index (χ4v) is 1.64. The number of thioether (sulfide) groups is 1. The van der Waals surface area contributed by atoms with Gasteiger partial charge in [0.15, 0.2) is 0 Å². The minimum Gasteiger partial charge on any atom is -0.480 e. The molecule has 100 valence electrons. The minimum atomic E-state index is -0.984. The third-order valence-electron chi connectivity index (χ3n) is 2.07. The molecule has 0 radical (unpaired) electrons. The molecule has 0 saturated heterocycles. The molecular formula is C11H21NO4S. The predicted molar refractivity (Wildman–Crippen MR) is 68.3 cm³/mol. The summed E-state index contributed by atoms with van der Waals surface area (Å²) < 4.78 is 5.16. The van der Waals surface area contributed by atoms with Crippen LogP contribution in [0, 0.1) is 0 Å². The maximum atomic E-state index is 11.4. The number of aliphatic carboxylic acids is 1. The highest BCUT2D eigenvalue weighted by molar-refractivity contribution is 7.98. The SMILES string of the molecule is CCCOCCC(=O)N[C@H](CCSC)C(=O)O. The zero-order valence-corrected chi connectivity index (χ0v) is 11.2. The second-order valence-electron chi connectivity index (χ2n) is 3.60. The van der Waals surface area contributed by atoms with Gasteiger partial charge in [0.25, 0.3) is 0 Å². The van der Waals surface area contributed by atoms with Gasteiger partial charge >= 0.3 is 5.97 Å². The maximum Gasteiger partial charge on any atom is 0.326 e. The Hall–Kier alpha value is -0.750. The highest BCUT2D eigenvalue weighted by Crippen LogP contribution is 2.01. The average Bonchev–Trinajstić information content (AvgIpc) is 2.29. The summed E-state index contributed by atoms with van der Waals surface area (Å²) in [6, 6.07) is -0.791. The monoisotopic (exact) mass is 263 g/mol. The first-order valence-corrected chi connectivity index (χ1v) is 7.10. The highest BCUT2D eigenvalue weighted by Gasteiger charge is 2.18. The molecule has 0 heterocycles. The second kappa shape index (κ2) is 10.4. The van der Waals surface area contributed by atoms with Crippen LogP contribution < -0.4 is 5.32 Å². The molecule has 1 atom stereocenters. The molecule has 17 heavy (non-hydrogen) atoms. The van der Waals surface area contributed by atoms with Crippen LogP contribution >= 0.6 is 11.8 Å². The first-order valence-electron chi connectivity index (χ1n) is 5.70. The number of hydrogen-bond donors (Lipinski definition) is 2. The Morgan fingerprint density at radius 2 is 2.12 bits per heavy atom. The Labute approximate surface area is 106 Å². The third kappa shape index (κ3) is 9.00. The number of amides is 1. The number of carbonyl (C=O) groups excluding carboxylic acids is 1. The van der Waals surface area contributed by atoms with Crippen molar-refractivity contribution in [2.75, 3.05) is 25.2 Å². The van der Waals surface area contributed by atoms with Crippen LogP contribution in [0.15, 0.2) is 0 Å². The zero-order valence-electron chi connectivity index (χ0n) is 10.4. The van der Waals surface area contributed by atoms with E-state index in [2.05, 4.69) is 5.32 Å². The summed E-state index contributed by atoms with van der Waals surface area (Å²) in [7, 11) is 0. The van der Waals surface area contributed by atoms with Crippen molar-refractivity contribution in [1.29, 1.82) is 0 Å². The van der Waals surface area contributed by atoms with Crippen molar-refractivity contribution in [2.45, 2.75) is 32.2 Å². The minimum absolute atomic E-state index is 0.211. The summed E-state index contributed by atoms with van der Waals surface area (Å²) in [5.41, 5.74) is 0. The van der Waals surface area contributed by atoms with E-state index in [0.717, 1.165) is 6.42 Å². The number of nitrogens with one attached hydrogen (secondary N) is 1. The number of carbonyl (C=O) groups is 2. The summed E-state index contributed by atoms with van der Waals surface area (Å²) in [6.45, 7) is 2.96. The van der Waals surface area contributed by atoms with Crippen LogP contribution in [0.2, 0.25) is 0 Å². The Balaban J connectivity index is 3.83. The van der Waals surface area contributed by atoms with Crippen molar-refractivity contribution >= 4 is 23.6 Å². The van der Waals surface area contributed by atoms with Gasteiger partial charge in [-0.3, -0.25) is 4.79 Å². The van der Waals surface area contributed by atoms with Crippen molar-refractivity contribution in [3.63, 3.8) is 0 Å². The van der Waals surface area contributed by atoms with Crippen LogP contribution in [-0.4, -0.2) is 48.2 Å². The summed E-state index contributed by atoms with van der Waals surface area (Å²) in [5.74, 6) is -0.541. The molecule has 0 aliphatic rings. The van der Waals surface area contributed by atoms with Crippen LogP contribution in [-0.2, 0) is 14.3 Å². The molecule has 0 aliphatic heterocycles. The molecule has 0 bridgehead atoms. The lowest BCUT2D eigenvalue weighted by molar-refractivity contribution is -0.142. The smallest absolute Gasteiger partial charge is 0.326 e. The molecule has 0 fully saturated rings. The van der Waals surface area contributed by atoms with Crippen molar-refractivity contribution < 1.29 is 19.4 Å². The summed E-state index contributed by atoms with van der Waals surface area (Å²) in [5, 5.41) is 11.4. The second-order valence-corrected chi connectivity index (χ2v) is 4.59. The molecule has 6 heteroatoms. The Morgan fingerprint density at radius 3 is 2.65 bits per heavy atom. The lowest BCUT2D eigenvalue weighted by Crippen LogP contribution is -2.41. The quantitative estimate of drug-likeness (QED) is 0.578. The van der Waals surface area contributed by atoms with Crippen LogP contribution in [0.4, 0.5) is 0 Å². The molecule has 2 N–H and O–H groups in total. The lowest BCUT2D eigenvalue weighted by Gasteiger charge is -2.13. The fraction of sp³-hybridized carbons (Fsp3) is 0.818. The van der Waals surface area contributed by atoms with E-state index in [-0.39, 0.29) is 12.3 Å². The number of carboxylic acids is 1. The average molecular weight is 263 g/mol. The third-order valence-corrected chi connectivity index (χ3v) is 2.71. The first-order chi connectivity index (χ1) is 8.11. The van der Waals surface area contributed by atoms with Gasteiger partial charge in [-0.05, 0) is 24.9 Å². The van der Waals surface area contributed by atoms with Gasteiger partial charge in [-0.1, -0.05) is 6.92 Å². The van der Waals surface area contributed by atoms with E-state index in [0.29, 0.717) is 25.4 Å². The van der Waals surface area contributed by atoms with Gasteiger partial charge in [-0.15, -0.1) is 0 Å². The van der Waals surface area contributed by atoms with E-state index >= 15 is 0 Å². The van der Waals surface area contributed by atoms with Gasteiger partial charge in [0.2, 0.25) is 5.91 Å². The Kier molecular flexibility index (Phi) is 9.95. The van der Waals surface area contributed by atoms with Gasteiger partial charge < -0.3 is 15.2 Å². The summed E-state index contributed by atoms with van der Waals surface area (Å²) in [4.78, 5) is 22.3. The van der Waals surface area contributed by atoms with E-state index in [1.54, 1.807) is 11.8 Å². The lowest BCUT2D eigenvalue weighted by atomic mass is 10.2. The molecule has 1 amide bonds. The Morgan fingerprint density at radius 1 is 1.41 bits per heavy atom. The largest absolute Gasteiger partial charge is 0.480 e. The normalized spacial score (nSPS) is 12.1. The topological polar surface area (TPSA) is 75.6 Å². The van der Waals surface area contributed by atoms with E-state index in [9.17, 15) is 9.59 Å². The maximum absolute atomic E-state index is 11.4. The zero-order chi connectivity index (χ0) is 13.1. The van der Waals surface area contributed by atoms with Crippen LogP contribution in [0.5, 0.6) is 0 Å².